The quantitative estimate of drug-likeness (QED) is 0.770. The number of ether oxygens (including phenoxy) is 2. The van der Waals surface area contributed by atoms with E-state index in [0.717, 1.165) is 5.56 Å². The first-order chi connectivity index (χ1) is 8.17. The lowest BCUT2D eigenvalue weighted by Gasteiger charge is -2.07. The number of hydrogen-bond acceptors (Lipinski definition) is 3. The molecule has 0 unspecified atom stereocenters. The van der Waals surface area contributed by atoms with E-state index >= 15 is 0 Å². The summed E-state index contributed by atoms with van der Waals surface area (Å²) in [6.07, 6.45) is 3.32. The van der Waals surface area contributed by atoms with Gasteiger partial charge in [-0.2, -0.15) is 0 Å². The van der Waals surface area contributed by atoms with Crippen LogP contribution >= 0.6 is 0 Å². The van der Waals surface area contributed by atoms with Crippen molar-refractivity contribution in [3.05, 3.63) is 35.6 Å². The Morgan fingerprint density at radius 3 is 2.82 bits per heavy atom. The summed E-state index contributed by atoms with van der Waals surface area (Å²) in [5.41, 5.74) is 1.54. The maximum Gasteiger partial charge on any atom is 0.307 e. The molecule has 0 heterocycles. The molecule has 4 heteroatoms. The van der Waals surface area contributed by atoms with Gasteiger partial charge in [0.2, 0.25) is 0 Å². The van der Waals surface area contributed by atoms with Crippen molar-refractivity contribution in [3.8, 4) is 5.75 Å². The summed E-state index contributed by atoms with van der Waals surface area (Å²) in [7, 11) is 1.52. The van der Waals surface area contributed by atoms with E-state index in [1.165, 1.54) is 7.11 Å². The van der Waals surface area contributed by atoms with Crippen LogP contribution in [0.1, 0.15) is 18.1 Å². The van der Waals surface area contributed by atoms with Crippen molar-refractivity contribution in [1.82, 2.24) is 0 Å². The van der Waals surface area contributed by atoms with E-state index in [9.17, 15) is 4.79 Å². The molecule has 17 heavy (non-hydrogen) atoms. The largest absolute Gasteiger partial charge is 0.501 e. The zero-order valence-electron chi connectivity index (χ0n) is 9.97. The van der Waals surface area contributed by atoms with Gasteiger partial charge in [-0.25, -0.2) is 0 Å². The Balaban J connectivity index is 2.91. The molecule has 0 amide bonds. The fraction of sp³-hybridized carbons (Fsp3) is 0.308. The molecule has 1 aromatic carbocycles. The summed E-state index contributed by atoms with van der Waals surface area (Å²) >= 11 is 0. The van der Waals surface area contributed by atoms with Crippen molar-refractivity contribution in [2.24, 2.45) is 0 Å². The van der Waals surface area contributed by atoms with Gasteiger partial charge in [0.05, 0.1) is 26.4 Å². The van der Waals surface area contributed by atoms with Gasteiger partial charge in [-0.3, -0.25) is 4.79 Å². The molecular formula is C13H16O4. The molecule has 4 nitrogen and oxygen atoms in total. The first-order valence-corrected chi connectivity index (χ1v) is 5.34. The first-order valence-electron chi connectivity index (χ1n) is 5.34. The van der Waals surface area contributed by atoms with E-state index in [1.54, 1.807) is 24.5 Å². The molecule has 92 valence electrons. The number of carbonyl (C=O) groups is 1. The van der Waals surface area contributed by atoms with Gasteiger partial charge < -0.3 is 14.6 Å². The third-order valence-electron chi connectivity index (χ3n) is 2.17. The highest BCUT2D eigenvalue weighted by molar-refractivity contribution is 5.72. The minimum atomic E-state index is -0.880. The summed E-state index contributed by atoms with van der Waals surface area (Å²) in [5.74, 6) is -0.296. The lowest BCUT2D eigenvalue weighted by Crippen LogP contribution is -2.02. The molecule has 0 aliphatic heterocycles. The Labute approximate surface area is 100 Å². The Hall–Kier alpha value is -1.97. The summed E-state index contributed by atoms with van der Waals surface area (Å²) in [6, 6.07) is 5.38. The maximum atomic E-state index is 10.7. The molecule has 0 bridgehead atoms. The summed E-state index contributed by atoms with van der Waals surface area (Å²) in [5, 5.41) is 8.79. The molecule has 0 fully saturated rings. The third kappa shape index (κ3) is 4.18. The molecule has 1 aromatic rings. The fourth-order valence-electron chi connectivity index (χ4n) is 1.43. The fourth-order valence-corrected chi connectivity index (χ4v) is 1.43. The normalized spacial score (nSPS) is 10.5. The van der Waals surface area contributed by atoms with Crippen LogP contribution in [0.2, 0.25) is 0 Å². The van der Waals surface area contributed by atoms with Crippen LogP contribution < -0.4 is 4.74 Å². The molecule has 0 aromatic heterocycles. The van der Waals surface area contributed by atoms with Crippen LogP contribution in [0.25, 0.3) is 6.08 Å². The van der Waals surface area contributed by atoms with Gasteiger partial charge in [0, 0.05) is 5.56 Å². The summed E-state index contributed by atoms with van der Waals surface area (Å²) in [4.78, 5) is 10.7. The smallest absolute Gasteiger partial charge is 0.307 e. The van der Waals surface area contributed by atoms with Gasteiger partial charge in [-0.05, 0) is 30.7 Å². The maximum absolute atomic E-state index is 10.7. The van der Waals surface area contributed by atoms with Crippen molar-refractivity contribution in [2.75, 3.05) is 13.7 Å². The van der Waals surface area contributed by atoms with Gasteiger partial charge in [-0.15, -0.1) is 0 Å². The van der Waals surface area contributed by atoms with E-state index in [4.69, 9.17) is 14.6 Å². The summed E-state index contributed by atoms with van der Waals surface area (Å²) in [6.45, 7) is 2.50. The van der Waals surface area contributed by atoms with E-state index in [-0.39, 0.29) is 6.42 Å². The lowest BCUT2D eigenvalue weighted by atomic mass is 10.1. The second-order valence-corrected chi connectivity index (χ2v) is 3.40. The average molecular weight is 236 g/mol. The van der Waals surface area contributed by atoms with E-state index in [2.05, 4.69) is 0 Å². The van der Waals surface area contributed by atoms with Gasteiger partial charge in [0.25, 0.3) is 0 Å². The van der Waals surface area contributed by atoms with E-state index < -0.39 is 5.97 Å². The number of aliphatic carboxylic acids is 1. The molecule has 0 radical (unpaired) electrons. The number of carboxylic acids is 1. The van der Waals surface area contributed by atoms with Gasteiger partial charge in [-0.1, -0.05) is 6.07 Å². The zero-order valence-corrected chi connectivity index (χ0v) is 9.97. The minimum absolute atomic E-state index is 0.0561. The standard InChI is InChI=1S/C13H16O4/c1-3-17-7-6-10-4-5-12(16-2)11(8-10)9-13(14)15/h4-8H,3,9H2,1-2H3,(H,14,15)/b7-6+. The number of carboxylic acid groups (broad SMARTS) is 1. The molecule has 0 saturated heterocycles. The minimum Gasteiger partial charge on any atom is -0.501 e. The van der Waals surface area contributed by atoms with Crippen molar-refractivity contribution in [1.29, 1.82) is 0 Å². The first kappa shape index (κ1) is 13.1. The molecule has 0 atom stereocenters. The van der Waals surface area contributed by atoms with Gasteiger partial charge >= 0.3 is 5.97 Å². The Kier molecular flexibility index (Phi) is 5.07. The van der Waals surface area contributed by atoms with Crippen molar-refractivity contribution >= 4 is 12.0 Å². The van der Waals surface area contributed by atoms with Crippen LogP contribution in [0.5, 0.6) is 5.75 Å². The van der Waals surface area contributed by atoms with Gasteiger partial charge in [0.15, 0.2) is 0 Å². The van der Waals surface area contributed by atoms with Crippen LogP contribution in [-0.2, 0) is 16.0 Å². The molecule has 1 rings (SSSR count). The van der Waals surface area contributed by atoms with Crippen molar-refractivity contribution in [2.45, 2.75) is 13.3 Å². The van der Waals surface area contributed by atoms with Crippen LogP contribution in [-0.4, -0.2) is 24.8 Å². The highest BCUT2D eigenvalue weighted by Gasteiger charge is 2.07. The molecule has 0 saturated carbocycles. The number of benzene rings is 1. The second-order valence-electron chi connectivity index (χ2n) is 3.40. The van der Waals surface area contributed by atoms with E-state index in [1.807, 2.05) is 13.0 Å². The highest BCUT2D eigenvalue weighted by Crippen LogP contribution is 2.21. The third-order valence-corrected chi connectivity index (χ3v) is 2.17. The molecule has 0 aliphatic carbocycles. The van der Waals surface area contributed by atoms with Crippen LogP contribution in [0.3, 0.4) is 0 Å². The Morgan fingerprint density at radius 2 is 2.24 bits per heavy atom. The molecule has 0 aliphatic rings. The monoisotopic (exact) mass is 236 g/mol. The van der Waals surface area contributed by atoms with Crippen molar-refractivity contribution in [3.63, 3.8) is 0 Å². The lowest BCUT2D eigenvalue weighted by molar-refractivity contribution is -0.136. The van der Waals surface area contributed by atoms with Gasteiger partial charge in [0.1, 0.15) is 5.75 Å². The Bertz CT molecular complexity index is 410. The SMILES string of the molecule is CCO/C=C/c1ccc(OC)c(CC(=O)O)c1. The Morgan fingerprint density at radius 1 is 1.47 bits per heavy atom. The van der Waals surface area contributed by atoms with Crippen LogP contribution in [0, 0.1) is 0 Å². The van der Waals surface area contributed by atoms with Crippen LogP contribution in [0.15, 0.2) is 24.5 Å². The summed E-state index contributed by atoms with van der Waals surface area (Å²) < 4.78 is 10.2. The predicted molar refractivity (Wildman–Crippen MR) is 65.0 cm³/mol. The molecular weight excluding hydrogens is 220 g/mol. The molecule has 0 spiro atoms. The second kappa shape index (κ2) is 6.58. The topological polar surface area (TPSA) is 55.8 Å². The average Bonchev–Trinajstić information content (AvgIpc) is 2.29. The number of rotatable bonds is 6. The highest BCUT2D eigenvalue weighted by atomic mass is 16.5. The number of hydrogen-bond donors (Lipinski definition) is 1. The number of methoxy groups -OCH3 is 1. The van der Waals surface area contributed by atoms with E-state index in [0.29, 0.717) is 17.9 Å². The predicted octanol–water partition coefficient (Wildman–Crippen LogP) is 2.33. The van der Waals surface area contributed by atoms with Crippen molar-refractivity contribution < 1.29 is 19.4 Å². The zero-order chi connectivity index (χ0) is 12.7. The molecule has 1 N–H and O–H groups in total. The van der Waals surface area contributed by atoms with Crippen LogP contribution in [0.4, 0.5) is 0 Å².